The summed E-state index contributed by atoms with van der Waals surface area (Å²) in [6.07, 6.45) is 0.889. The van der Waals surface area contributed by atoms with E-state index in [0.717, 1.165) is 6.42 Å². The predicted molar refractivity (Wildman–Crippen MR) is 84.2 cm³/mol. The number of ether oxygens (including phenoxy) is 1. The molecule has 0 fully saturated rings. The number of anilines is 1. The predicted octanol–water partition coefficient (Wildman–Crippen LogP) is 3.15. The summed E-state index contributed by atoms with van der Waals surface area (Å²) in [7, 11) is -3.66. The third kappa shape index (κ3) is 3.99. The lowest BCUT2D eigenvalue weighted by molar-refractivity contribution is 0.317. The van der Waals surface area contributed by atoms with Gasteiger partial charge in [0.1, 0.15) is 5.75 Å². The molecule has 0 heterocycles. The highest BCUT2D eigenvalue weighted by Gasteiger charge is 2.14. The Balaban J connectivity index is 2.13. The number of nitrogens with zero attached hydrogens (tertiary/aromatic N) is 1. The molecule has 5 nitrogen and oxygen atoms in total. The summed E-state index contributed by atoms with van der Waals surface area (Å²) in [6, 6.07) is 14.4. The number of sulfonamides is 1. The first kappa shape index (κ1) is 15.9. The average molecular weight is 316 g/mol. The third-order valence-corrected chi connectivity index (χ3v) is 4.27. The molecule has 1 N–H and O–H groups in total. The second-order valence-corrected chi connectivity index (χ2v) is 6.30. The Bertz CT molecular complexity index is 761. The van der Waals surface area contributed by atoms with E-state index in [9.17, 15) is 8.42 Å². The molecule has 22 heavy (non-hydrogen) atoms. The van der Waals surface area contributed by atoms with Gasteiger partial charge in [-0.25, -0.2) is 8.42 Å². The minimum atomic E-state index is -3.66. The lowest BCUT2D eigenvalue weighted by Crippen LogP contribution is -2.12. The molecular formula is C16H16N2O3S. The fourth-order valence-electron chi connectivity index (χ4n) is 1.76. The second-order valence-electron chi connectivity index (χ2n) is 4.61. The van der Waals surface area contributed by atoms with E-state index in [1.54, 1.807) is 36.4 Å². The van der Waals surface area contributed by atoms with Gasteiger partial charge in [-0.05, 0) is 55.0 Å². The van der Waals surface area contributed by atoms with Gasteiger partial charge in [0.15, 0.2) is 0 Å². The van der Waals surface area contributed by atoms with Crippen molar-refractivity contribution in [1.29, 1.82) is 5.26 Å². The fraction of sp³-hybridized carbons (Fsp3) is 0.188. The molecule has 0 aliphatic carbocycles. The van der Waals surface area contributed by atoms with Crippen LogP contribution in [-0.4, -0.2) is 15.0 Å². The zero-order chi connectivity index (χ0) is 16.0. The molecule has 0 aliphatic heterocycles. The Morgan fingerprint density at radius 2 is 1.73 bits per heavy atom. The Labute approximate surface area is 130 Å². The molecular weight excluding hydrogens is 300 g/mol. The Kier molecular flexibility index (Phi) is 5.02. The SMILES string of the molecule is CCCOc1ccc(S(=O)(=O)Nc2ccc(C#N)cc2)cc1. The van der Waals surface area contributed by atoms with E-state index in [-0.39, 0.29) is 4.90 Å². The molecule has 0 spiro atoms. The van der Waals surface area contributed by atoms with Gasteiger partial charge in [0, 0.05) is 5.69 Å². The minimum absolute atomic E-state index is 0.153. The Morgan fingerprint density at radius 1 is 1.09 bits per heavy atom. The van der Waals surface area contributed by atoms with Gasteiger partial charge in [0.2, 0.25) is 0 Å². The van der Waals surface area contributed by atoms with Gasteiger partial charge in [-0.1, -0.05) is 6.92 Å². The van der Waals surface area contributed by atoms with Gasteiger partial charge in [-0.2, -0.15) is 5.26 Å². The summed E-state index contributed by atoms with van der Waals surface area (Å²) in [5, 5.41) is 8.73. The maximum atomic E-state index is 12.3. The standard InChI is InChI=1S/C16H16N2O3S/c1-2-11-21-15-7-9-16(10-8-15)22(19,20)18-14-5-3-13(12-17)4-6-14/h3-10,18H,2,11H2,1H3. The van der Waals surface area contributed by atoms with Crippen LogP contribution in [0.3, 0.4) is 0 Å². The molecule has 0 bridgehead atoms. The topological polar surface area (TPSA) is 79.2 Å². The number of rotatable bonds is 6. The highest BCUT2D eigenvalue weighted by Crippen LogP contribution is 2.19. The van der Waals surface area contributed by atoms with E-state index in [1.807, 2.05) is 13.0 Å². The van der Waals surface area contributed by atoms with Crippen molar-refractivity contribution >= 4 is 15.7 Å². The van der Waals surface area contributed by atoms with Crippen molar-refractivity contribution in [3.8, 4) is 11.8 Å². The lowest BCUT2D eigenvalue weighted by atomic mass is 10.2. The molecule has 6 heteroatoms. The molecule has 0 unspecified atom stereocenters. The largest absolute Gasteiger partial charge is 0.494 e. The van der Waals surface area contributed by atoms with Crippen molar-refractivity contribution in [3.63, 3.8) is 0 Å². The number of hydrogen-bond acceptors (Lipinski definition) is 4. The maximum absolute atomic E-state index is 12.3. The van der Waals surface area contributed by atoms with Crippen molar-refractivity contribution < 1.29 is 13.2 Å². The van der Waals surface area contributed by atoms with Crippen LogP contribution in [0.5, 0.6) is 5.75 Å². The van der Waals surface area contributed by atoms with E-state index in [4.69, 9.17) is 10.00 Å². The first-order chi connectivity index (χ1) is 10.5. The first-order valence-electron chi connectivity index (χ1n) is 6.81. The molecule has 2 aromatic rings. The van der Waals surface area contributed by atoms with Gasteiger partial charge in [0.25, 0.3) is 10.0 Å². The molecule has 114 valence electrons. The van der Waals surface area contributed by atoms with E-state index >= 15 is 0 Å². The molecule has 0 saturated carbocycles. The number of nitrogens with one attached hydrogen (secondary N) is 1. The molecule has 0 radical (unpaired) electrons. The smallest absolute Gasteiger partial charge is 0.261 e. The summed E-state index contributed by atoms with van der Waals surface area (Å²) in [4.78, 5) is 0.153. The highest BCUT2D eigenvalue weighted by atomic mass is 32.2. The molecule has 0 aliphatic rings. The van der Waals surface area contributed by atoms with Gasteiger partial charge in [0.05, 0.1) is 23.1 Å². The number of benzene rings is 2. The lowest BCUT2D eigenvalue weighted by Gasteiger charge is -2.09. The summed E-state index contributed by atoms with van der Waals surface area (Å²) in [5.41, 5.74) is 0.880. The Morgan fingerprint density at radius 3 is 2.27 bits per heavy atom. The molecule has 0 amide bonds. The van der Waals surface area contributed by atoms with Crippen LogP contribution in [-0.2, 0) is 10.0 Å². The van der Waals surface area contributed by atoms with Crippen molar-refractivity contribution in [2.24, 2.45) is 0 Å². The van der Waals surface area contributed by atoms with Crippen LogP contribution in [0.1, 0.15) is 18.9 Å². The minimum Gasteiger partial charge on any atom is -0.494 e. The quantitative estimate of drug-likeness (QED) is 0.888. The van der Waals surface area contributed by atoms with Crippen LogP contribution in [0.25, 0.3) is 0 Å². The van der Waals surface area contributed by atoms with E-state index in [2.05, 4.69) is 4.72 Å². The monoisotopic (exact) mass is 316 g/mol. The molecule has 0 aromatic heterocycles. The summed E-state index contributed by atoms with van der Waals surface area (Å²) in [5.74, 6) is 0.638. The van der Waals surface area contributed by atoms with Crippen LogP contribution in [0.4, 0.5) is 5.69 Å². The van der Waals surface area contributed by atoms with Gasteiger partial charge in [-0.15, -0.1) is 0 Å². The molecule has 0 atom stereocenters. The second kappa shape index (κ2) is 6.96. The van der Waals surface area contributed by atoms with Crippen LogP contribution >= 0.6 is 0 Å². The van der Waals surface area contributed by atoms with Crippen LogP contribution in [0.15, 0.2) is 53.4 Å². The van der Waals surface area contributed by atoms with Gasteiger partial charge < -0.3 is 4.74 Å². The maximum Gasteiger partial charge on any atom is 0.261 e. The number of nitriles is 1. The average Bonchev–Trinajstić information content (AvgIpc) is 2.53. The van der Waals surface area contributed by atoms with Gasteiger partial charge in [-0.3, -0.25) is 4.72 Å². The van der Waals surface area contributed by atoms with Crippen LogP contribution in [0.2, 0.25) is 0 Å². The normalized spacial score (nSPS) is 10.7. The summed E-state index contributed by atoms with van der Waals surface area (Å²) >= 11 is 0. The molecule has 2 aromatic carbocycles. The van der Waals surface area contributed by atoms with E-state index in [1.165, 1.54) is 12.1 Å². The van der Waals surface area contributed by atoms with Crippen molar-refractivity contribution in [3.05, 3.63) is 54.1 Å². The first-order valence-corrected chi connectivity index (χ1v) is 8.29. The fourth-order valence-corrected chi connectivity index (χ4v) is 2.82. The highest BCUT2D eigenvalue weighted by molar-refractivity contribution is 7.92. The Hall–Kier alpha value is -2.52. The third-order valence-electron chi connectivity index (χ3n) is 2.87. The van der Waals surface area contributed by atoms with Gasteiger partial charge >= 0.3 is 0 Å². The molecule has 2 rings (SSSR count). The zero-order valence-electron chi connectivity index (χ0n) is 12.1. The summed E-state index contributed by atoms with van der Waals surface area (Å²) in [6.45, 7) is 2.59. The van der Waals surface area contributed by atoms with Crippen molar-refractivity contribution in [1.82, 2.24) is 0 Å². The van der Waals surface area contributed by atoms with Crippen LogP contribution in [0, 0.1) is 11.3 Å². The van der Waals surface area contributed by atoms with Crippen molar-refractivity contribution in [2.75, 3.05) is 11.3 Å². The van der Waals surface area contributed by atoms with Crippen molar-refractivity contribution in [2.45, 2.75) is 18.2 Å². The zero-order valence-corrected chi connectivity index (χ0v) is 12.9. The molecule has 0 saturated heterocycles. The summed E-state index contributed by atoms with van der Waals surface area (Å²) < 4.78 is 32.4. The number of hydrogen-bond donors (Lipinski definition) is 1. The van der Waals surface area contributed by atoms with Crippen LogP contribution < -0.4 is 9.46 Å². The van der Waals surface area contributed by atoms with E-state index in [0.29, 0.717) is 23.6 Å². The van der Waals surface area contributed by atoms with E-state index < -0.39 is 10.0 Å².